The normalized spacial score (nSPS) is 17.7. The van der Waals surface area contributed by atoms with Gasteiger partial charge in [0.25, 0.3) is 5.92 Å². The minimum Gasteiger partial charge on any atom is -0.270 e. The van der Waals surface area contributed by atoms with Crippen LogP contribution in [0.3, 0.4) is 0 Å². The van der Waals surface area contributed by atoms with Crippen LogP contribution in [0.15, 0.2) is 47.5 Å². The number of rotatable bonds is 1. The van der Waals surface area contributed by atoms with E-state index in [9.17, 15) is 13.2 Å². The largest absolute Gasteiger partial charge is 0.298 e. The molecule has 7 heteroatoms. The molecule has 0 saturated carbocycles. The van der Waals surface area contributed by atoms with E-state index >= 15 is 0 Å². The number of alkyl halides is 2. The monoisotopic (exact) mass is 375 g/mol. The first-order chi connectivity index (χ1) is 12.2. The summed E-state index contributed by atoms with van der Waals surface area (Å²) >= 11 is 5.94. The van der Waals surface area contributed by atoms with Crippen LogP contribution in [0.25, 0.3) is 10.9 Å². The molecule has 3 nitrogen and oxygen atoms in total. The summed E-state index contributed by atoms with van der Waals surface area (Å²) in [7, 11) is 0. The maximum atomic E-state index is 14.9. The van der Waals surface area contributed by atoms with E-state index in [-0.39, 0.29) is 27.4 Å². The molecule has 0 amide bonds. The highest BCUT2D eigenvalue weighted by Crippen LogP contribution is 2.47. The van der Waals surface area contributed by atoms with E-state index in [4.69, 9.17) is 11.6 Å². The highest BCUT2D eigenvalue weighted by Gasteiger charge is 2.53. The number of nitrogens with zero attached hydrogens (tertiary/aromatic N) is 3. The van der Waals surface area contributed by atoms with Gasteiger partial charge >= 0.3 is 0 Å². The highest BCUT2D eigenvalue weighted by molar-refractivity contribution is 6.31. The highest BCUT2D eigenvalue weighted by atomic mass is 35.5. The molecule has 0 aliphatic carbocycles. The lowest BCUT2D eigenvalue weighted by atomic mass is 9.82. The molecule has 2 heterocycles. The lowest BCUT2D eigenvalue weighted by molar-refractivity contribution is -0.0682. The molecule has 0 unspecified atom stereocenters. The molecule has 0 radical (unpaired) electrons. The molecule has 4 rings (SSSR count). The summed E-state index contributed by atoms with van der Waals surface area (Å²) in [6.07, 6.45) is 0. The average Bonchev–Trinajstić information content (AvgIpc) is 2.59. The maximum absolute atomic E-state index is 14.9. The predicted molar refractivity (Wildman–Crippen MR) is 94.6 cm³/mol. The third-order valence-corrected chi connectivity index (χ3v) is 4.78. The number of benzene rings is 2. The van der Waals surface area contributed by atoms with E-state index in [0.29, 0.717) is 11.1 Å². The fourth-order valence-corrected chi connectivity index (χ4v) is 3.24. The van der Waals surface area contributed by atoms with Gasteiger partial charge in [0.1, 0.15) is 16.7 Å². The van der Waals surface area contributed by atoms with Crippen molar-refractivity contribution in [3.63, 3.8) is 0 Å². The number of hydrogen-bond acceptors (Lipinski definition) is 3. The number of fused-ring (bicyclic) bond motifs is 2. The van der Waals surface area contributed by atoms with Gasteiger partial charge in [-0.05, 0) is 38.1 Å². The van der Waals surface area contributed by atoms with Crippen molar-refractivity contribution >= 4 is 28.2 Å². The minimum atomic E-state index is -3.20. The first-order valence-corrected chi connectivity index (χ1v) is 8.29. The Balaban J connectivity index is 1.98. The lowest BCUT2D eigenvalue weighted by Gasteiger charge is -2.37. The number of halogens is 4. The summed E-state index contributed by atoms with van der Waals surface area (Å²) in [5.74, 6) is -3.70. The Morgan fingerprint density at radius 1 is 1.00 bits per heavy atom. The summed E-state index contributed by atoms with van der Waals surface area (Å²) in [5, 5.41) is 8.67. The summed E-state index contributed by atoms with van der Waals surface area (Å²) < 4.78 is 43.6. The Kier molecular flexibility index (Phi) is 3.60. The zero-order valence-corrected chi connectivity index (χ0v) is 14.7. The van der Waals surface area contributed by atoms with Crippen molar-refractivity contribution in [2.24, 2.45) is 4.99 Å². The van der Waals surface area contributed by atoms with E-state index in [2.05, 4.69) is 15.2 Å². The summed E-state index contributed by atoms with van der Waals surface area (Å²) in [6, 6.07) is 10.4. The molecule has 0 spiro atoms. The Hall–Kier alpha value is -2.47. The van der Waals surface area contributed by atoms with E-state index in [1.54, 1.807) is 18.2 Å². The van der Waals surface area contributed by atoms with Crippen LogP contribution in [0, 0.1) is 5.82 Å². The molecule has 26 heavy (non-hydrogen) atoms. The second-order valence-corrected chi connectivity index (χ2v) is 7.13. The molecule has 1 aliphatic heterocycles. The average molecular weight is 376 g/mol. The lowest BCUT2D eigenvalue weighted by Crippen LogP contribution is -2.44. The molecule has 0 atom stereocenters. The van der Waals surface area contributed by atoms with Crippen molar-refractivity contribution in [2.75, 3.05) is 0 Å². The SMILES string of the molecule is CC1(C)N=C(c2cc3cccc(F)c3nn2)c2ccc(Cl)cc2C1(F)F. The fourth-order valence-electron chi connectivity index (χ4n) is 3.07. The van der Waals surface area contributed by atoms with E-state index in [1.807, 2.05) is 0 Å². The summed E-state index contributed by atoms with van der Waals surface area (Å²) in [6.45, 7) is 2.70. The molecule has 132 valence electrons. The van der Waals surface area contributed by atoms with Gasteiger partial charge in [-0.25, -0.2) is 4.39 Å². The van der Waals surface area contributed by atoms with Crippen LogP contribution < -0.4 is 0 Å². The van der Waals surface area contributed by atoms with Gasteiger partial charge in [-0.1, -0.05) is 29.8 Å². The molecular formula is C19H13ClF3N3. The predicted octanol–water partition coefficient (Wildman–Crippen LogP) is 5.14. The van der Waals surface area contributed by atoms with Crippen LogP contribution in [-0.4, -0.2) is 21.4 Å². The van der Waals surface area contributed by atoms with Gasteiger partial charge in [0.2, 0.25) is 0 Å². The van der Waals surface area contributed by atoms with Crippen LogP contribution in [-0.2, 0) is 5.92 Å². The Morgan fingerprint density at radius 2 is 1.77 bits per heavy atom. The summed E-state index contributed by atoms with van der Waals surface area (Å²) in [5.41, 5.74) is -0.960. The van der Waals surface area contributed by atoms with Crippen LogP contribution >= 0.6 is 11.6 Å². The molecule has 1 aliphatic rings. The Morgan fingerprint density at radius 3 is 2.54 bits per heavy atom. The quantitative estimate of drug-likeness (QED) is 0.590. The zero-order valence-electron chi connectivity index (χ0n) is 13.9. The molecule has 0 bridgehead atoms. The molecule has 1 aromatic heterocycles. The third kappa shape index (κ3) is 2.40. The number of aromatic nitrogens is 2. The van der Waals surface area contributed by atoms with Crippen molar-refractivity contribution in [1.82, 2.24) is 10.2 Å². The molecule has 2 aromatic carbocycles. The number of hydrogen-bond donors (Lipinski definition) is 0. The van der Waals surface area contributed by atoms with E-state index in [0.717, 1.165) is 0 Å². The van der Waals surface area contributed by atoms with Crippen molar-refractivity contribution in [2.45, 2.75) is 25.3 Å². The maximum Gasteiger partial charge on any atom is 0.298 e. The molecule has 3 aromatic rings. The van der Waals surface area contributed by atoms with Crippen LogP contribution in [0.4, 0.5) is 13.2 Å². The van der Waals surface area contributed by atoms with E-state index in [1.165, 1.54) is 38.1 Å². The molecule has 0 fully saturated rings. The van der Waals surface area contributed by atoms with Gasteiger partial charge in [-0.3, -0.25) is 4.99 Å². The second kappa shape index (κ2) is 5.51. The van der Waals surface area contributed by atoms with Gasteiger partial charge in [-0.2, -0.15) is 8.78 Å². The van der Waals surface area contributed by atoms with Crippen molar-refractivity contribution in [3.8, 4) is 0 Å². The molecule has 0 saturated heterocycles. The minimum absolute atomic E-state index is 0.119. The van der Waals surface area contributed by atoms with Crippen LogP contribution in [0.1, 0.15) is 30.7 Å². The molecule has 0 N–H and O–H groups in total. The van der Waals surface area contributed by atoms with Crippen LogP contribution in [0.5, 0.6) is 0 Å². The van der Waals surface area contributed by atoms with Gasteiger partial charge in [0.05, 0.1) is 5.71 Å². The zero-order chi connectivity index (χ0) is 18.7. The number of aliphatic imine (C=N–C) groups is 1. The van der Waals surface area contributed by atoms with Gasteiger partial charge in [0, 0.05) is 21.5 Å². The third-order valence-electron chi connectivity index (χ3n) is 4.55. The van der Waals surface area contributed by atoms with Crippen molar-refractivity contribution in [3.05, 3.63) is 70.1 Å². The second-order valence-electron chi connectivity index (χ2n) is 6.69. The van der Waals surface area contributed by atoms with Crippen molar-refractivity contribution in [1.29, 1.82) is 0 Å². The summed E-state index contributed by atoms with van der Waals surface area (Å²) in [4.78, 5) is 4.26. The van der Waals surface area contributed by atoms with Gasteiger partial charge in [-0.15, -0.1) is 10.2 Å². The first-order valence-electron chi connectivity index (χ1n) is 7.91. The van der Waals surface area contributed by atoms with Gasteiger partial charge in [0.15, 0.2) is 5.82 Å². The first kappa shape index (κ1) is 17.0. The van der Waals surface area contributed by atoms with Gasteiger partial charge < -0.3 is 0 Å². The smallest absolute Gasteiger partial charge is 0.270 e. The Bertz CT molecular complexity index is 1080. The molecular weight excluding hydrogens is 363 g/mol. The van der Waals surface area contributed by atoms with Crippen molar-refractivity contribution < 1.29 is 13.2 Å². The van der Waals surface area contributed by atoms with E-state index < -0.39 is 17.3 Å². The Labute approximate surface area is 152 Å². The fraction of sp³-hybridized carbons (Fsp3) is 0.211. The van der Waals surface area contributed by atoms with Crippen LogP contribution in [0.2, 0.25) is 5.02 Å². The topological polar surface area (TPSA) is 38.1 Å². The standard InChI is InChI=1S/C19H13ClF3N3/c1-18(2)19(22,23)13-9-11(20)6-7-12(13)17(24-18)15-8-10-4-3-5-14(21)16(10)26-25-15/h3-9H,1-2H3.